The lowest BCUT2D eigenvalue weighted by Crippen LogP contribution is -2.36. The van der Waals surface area contributed by atoms with Gasteiger partial charge in [-0.25, -0.2) is 4.98 Å². The van der Waals surface area contributed by atoms with Gasteiger partial charge in [0.15, 0.2) is 0 Å². The summed E-state index contributed by atoms with van der Waals surface area (Å²) in [6, 6.07) is 0. The van der Waals surface area contributed by atoms with Crippen molar-refractivity contribution in [3.8, 4) is 0 Å². The van der Waals surface area contributed by atoms with E-state index in [1.165, 1.54) is 6.33 Å². The van der Waals surface area contributed by atoms with Crippen LogP contribution >= 0.6 is 0 Å². The summed E-state index contributed by atoms with van der Waals surface area (Å²) in [4.78, 5) is 15.6. The van der Waals surface area contributed by atoms with Gasteiger partial charge >= 0.3 is 0 Å². The first-order chi connectivity index (χ1) is 7.77. The van der Waals surface area contributed by atoms with Gasteiger partial charge in [-0.05, 0) is 6.42 Å². The molecule has 0 bridgehead atoms. The van der Waals surface area contributed by atoms with Crippen molar-refractivity contribution in [3.05, 3.63) is 12.2 Å². The fraction of sp³-hybridized carbons (Fsp3) is 0.700. The maximum atomic E-state index is 11.7. The predicted octanol–water partition coefficient (Wildman–Crippen LogP) is -0.162. The number of nitrogens with two attached hydrogens (primary N) is 1. The highest BCUT2D eigenvalue weighted by atomic mass is 16.1. The maximum Gasteiger partial charge on any atom is 0.224 e. The molecular weight excluding hydrogens is 206 g/mol. The quantitative estimate of drug-likeness (QED) is 0.600. The number of nitrogens with one attached hydrogen (secondary N) is 2. The van der Waals surface area contributed by atoms with Gasteiger partial charge in [-0.2, -0.15) is 5.10 Å². The molecule has 90 valence electrons. The second-order valence-electron chi connectivity index (χ2n) is 3.69. The summed E-state index contributed by atoms with van der Waals surface area (Å²) in [6.07, 6.45) is 3.92. The van der Waals surface area contributed by atoms with Crippen molar-refractivity contribution in [2.24, 2.45) is 11.7 Å². The summed E-state index contributed by atoms with van der Waals surface area (Å²) in [7, 11) is 0. The molecule has 0 fully saturated rings. The van der Waals surface area contributed by atoms with Gasteiger partial charge in [0, 0.05) is 19.5 Å². The lowest BCUT2D eigenvalue weighted by molar-refractivity contribution is -0.124. The number of carbonyl (C=O) groups is 1. The lowest BCUT2D eigenvalue weighted by atomic mass is 10.0. The fourth-order valence-electron chi connectivity index (χ4n) is 1.50. The maximum absolute atomic E-state index is 11.7. The Morgan fingerprint density at radius 3 is 3.06 bits per heavy atom. The third kappa shape index (κ3) is 3.98. The van der Waals surface area contributed by atoms with Gasteiger partial charge in [0.2, 0.25) is 5.91 Å². The largest absolute Gasteiger partial charge is 0.355 e. The van der Waals surface area contributed by atoms with Crippen LogP contribution in [0.25, 0.3) is 0 Å². The van der Waals surface area contributed by atoms with E-state index >= 15 is 0 Å². The molecule has 4 N–H and O–H groups in total. The Morgan fingerprint density at radius 1 is 1.69 bits per heavy atom. The number of H-pyrrole nitrogens is 1. The zero-order chi connectivity index (χ0) is 11.8. The van der Waals surface area contributed by atoms with Gasteiger partial charge in [-0.3, -0.25) is 9.89 Å². The summed E-state index contributed by atoms with van der Waals surface area (Å²) in [5.74, 6) is 0.740. The van der Waals surface area contributed by atoms with E-state index in [0.717, 1.165) is 18.7 Å². The number of hydrogen-bond donors (Lipinski definition) is 3. The summed E-state index contributed by atoms with van der Waals surface area (Å²) < 4.78 is 0. The van der Waals surface area contributed by atoms with E-state index in [2.05, 4.69) is 20.5 Å². The van der Waals surface area contributed by atoms with Gasteiger partial charge in [0.05, 0.1) is 5.92 Å². The normalized spacial score (nSPS) is 12.4. The Labute approximate surface area is 95.0 Å². The summed E-state index contributed by atoms with van der Waals surface area (Å²) in [6.45, 7) is 3.01. The Balaban J connectivity index is 2.23. The monoisotopic (exact) mass is 225 g/mol. The van der Waals surface area contributed by atoms with E-state index in [-0.39, 0.29) is 11.8 Å². The number of rotatable bonds is 7. The topological polar surface area (TPSA) is 96.7 Å². The average Bonchev–Trinajstić information content (AvgIpc) is 2.78. The van der Waals surface area contributed by atoms with Crippen LogP contribution in [0.3, 0.4) is 0 Å². The van der Waals surface area contributed by atoms with E-state index in [4.69, 9.17) is 5.73 Å². The molecule has 0 radical (unpaired) electrons. The molecule has 1 amide bonds. The number of carbonyl (C=O) groups excluding carboxylic acids is 1. The number of aromatic nitrogens is 3. The van der Waals surface area contributed by atoms with E-state index in [0.29, 0.717) is 19.5 Å². The van der Waals surface area contributed by atoms with Crippen molar-refractivity contribution in [2.45, 2.75) is 26.2 Å². The van der Waals surface area contributed by atoms with Crippen LogP contribution < -0.4 is 11.1 Å². The molecule has 0 aromatic carbocycles. The van der Waals surface area contributed by atoms with Gasteiger partial charge in [0.1, 0.15) is 12.2 Å². The van der Waals surface area contributed by atoms with E-state index < -0.39 is 0 Å². The third-order valence-electron chi connectivity index (χ3n) is 2.42. The van der Waals surface area contributed by atoms with Crippen LogP contribution in [0.2, 0.25) is 0 Å². The molecule has 6 nitrogen and oxygen atoms in total. The SMILES string of the molecule is CCCC(CN)C(=O)NCCc1ncn[nH]1. The van der Waals surface area contributed by atoms with Crippen molar-refractivity contribution >= 4 is 5.91 Å². The van der Waals surface area contributed by atoms with Crippen molar-refractivity contribution in [1.82, 2.24) is 20.5 Å². The first-order valence-electron chi connectivity index (χ1n) is 5.60. The standard InChI is InChI=1S/C10H19N5O/c1-2-3-8(6-11)10(16)12-5-4-9-13-7-14-15-9/h7-8H,2-6,11H2,1H3,(H,12,16)(H,13,14,15). The van der Waals surface area contributed by atoms with Crippen LogP contribution in [0.4, 0.5) is 0 Å². The van der Waals surface area contributed by atoms with Gasteiger partial charge < -0.3 is 11.1 Å². The molecule has 0 aliphatic rings. The third-order valence-corrected chi connectivity index (χ3v) is 2.42. The molecule has 1 aromatic rings. The van der Waals surface area contributed by atoms with Crippen molar-refractivity contribution in [1.29, 1.82) is 0 Å². The average molecular weight is 225 g/mol. The minimum absolute atomic E-state index is 0.0314. The molecule has 1 rings (SSSR count). The molecule has 0 spiro atoms. The second kappa shape index (κ2) is 6.95. The lowest BCUT2D eigenvalue weighted by Gasteiger charge is -2.13. The predicted molar refractivity (Wildman–Crippen MR) is 60.5 cm³/mol. The Kier molecular flexibility index (Phi) is 5.49. The number of aromatic amines is 1. The first kappa shape index (κ1) is 12.6. The zero-order valence-electron chi connectivity index (χ0n) is 9.57. The molecule has 6 heteroatoms. The van der Waals surface area contributed by atoms with Crippen LogP contribution in [-0.2, 0) is 11.2 Å². The molecule has 0 saturated carbocycles. The van der Waals surface area contributed by atoms with Crippen LogP contribution in [0.15, 0.2) is 6.33 Å². The zero-order valence-corrected chi connectivity index (χ0v) is 9.57. The van der Waals surface area contributed by atoms with E-state index in [1.54, 1.807) is 0 Å². The number of nitrogens with zero attached hydrogens (tertiary/aromatic N) is 2. The Morgan fingerprint density at radius 2 is 2.50 bits per heavy atom. The highest BCUT2D eigenvalue weighted by molar-refractivity contribution is 5.78. The first-order valence-corrected chi connectivity index (χ1v) is 5.60. The van der Waals surface area contributed by atoms with Crippen molar-refractivity contribution in [2.75, 3.05) is 13.1 Å². The van der Waals surface area contributed by atoms with Crippen LogP contribution in [0.5, 0.6) is 0 Å². The smallest absolute Gasteiger partial charge is 0.224 e. The van der Waals surface area contributed by atoms with Crippen LogP contribution in [0.1, 0.15) is 25.6 Å². The molecule has 16 heavy (non-hydrogen) atoms. The summed E-state index contributed by atoms with van der Waals surface area (Å²) in [5.41, 5.74) is 5.54. The fourth-order valence-corrected chi connectivity index (χ4v) is 1.50. The molecule has 0 aliphatic heterocycles. The molecular formula is C10H19N5O. The number of amides is 1. The molecule has 0 aliphatic carbocycles. The summed E-state index contributed by atoms with van der Waals surface area (Å²) in [5, 5.41) is 9.32. The number of hydrogen-bond acceptors (Lipinski definition) is 4. The van der Waals surface area contributed by atoms with Gasteiger partial charge in [-0.1, -0.05) is 13.3 Å². The Hall–Kier alpha value is -1.43. The van der Waals surface area contributed by atoms with Crippen molar-refractivity contribution in [3.63, 3.8) is 0 Å². The van der Waals surface area contributed by atoms with Crippen molar-refractivity contribution < 1.29 is 4.79 Å². The second-order valence-corrected chi connectivity index (χ2v) is 3.69. The molecule has 1 atom stereocenters. The molecule has 0 saturated heterocycles. The highest BCUT2D eigenvalue weighted by Gasteiger charge is 2.14. The highest BCUT2D eigenvalue weighted by Crippen LogP contribution is 2.04. The minimum atomic E-state index is -0.0697. The minimum Gasteiger partial charge on any atom is -0.355 e. The summed E-state index contributed by atoms with van der Waals surface area (Å²) >= 11 is 0. The molecule has 1 heterocycles. The van der Waals surface area contributed by atoms with Crippen LogP contribution in [-0.4, -0.2) is 34.2 Å². The molecule has 1 aromatic heterocycles. The molecule has 1 unspecified atom stereocenters. The van der Waals surface area contributed by atoms with Gasteiger partial charge in [-0.15, -0.1) is 0 Å². The van der Waals surface area contributed by atoms with E-state index in [9.17, 15) is 4.79 Å². The van der Waals surface area contributed by atoms with Crippen LogP contribution in [0, 0.1) is 5.92 Å². The Bertz CT molecular complexity index is 298. The van der Waals surface area contributed by atoms with Gasteiger partial charge in [0.25, 0.3) is 0 Å². The van der Waals surface area contributed by atoms with E-state index in [1.807, 2.05) is 6.92 Å².